The molecule has 2 aliphatic heterocycles. The van der Waals surface area contributed by atoms with Crippen LogP contribution in [-0.4, -0.2) is 48.6 Å². The standard InChI is InChI=1S/C21H22N2O3/c1-21(15-16-7-5-6-10-18(16)19(24)26-21)20(25)23-13-11-22(12-14-23)17-8-3-2-4-9-17/h2-10H,11-15H2,1H3/t21-/m0/s1. The van der Waals surface area contributed by atoms with Crippen LogP contribution in [0.4, 0.5) is 5.69 Å². The fraction of sp³-hybridized carbons (Fsp3) is 0.333. The first-order valence-corrected chi connectivity index (χ1v) is 8.97. The van der Waals surface area contributed by atoms with E-state index in [0.717, 1.165) is 18.7 Å². The summed E-state index contributed by atoms with van der Waals surface area (Å²) in [5, 5.41) is 0. The highest BCUT2D eigenvalue weighted by molar-refractivity contribution is 5.97. The van der Waals surface area contributed by atoms with Crippen LogP contribution in [0.1, 0.15) is 22.8 Å². The van der Waals surface area contributed by atoms with Crippen LogP contribution in [0.3, 0.4) is 0 Å². The van der Waals surface area contributed by atoms with E-state index in [4.69, 9.17) is 4.74 Å². The molecule has 0 aliphatic carbocycles. The van der Waals surface area contributed by atoms with Crippen molar-refractivity contribution < 1.29 is 14.3 Å². The molecule has 2 heterocycles. The molecule has 2 aromatic rings. The van der Waals surface area contributed by atoms with E-state index in [9.17, 15) is 9.59 Å². The number of hydrogen-bond donors (Lipinski definition) is 0. The molecule has 26 heavy (non-hydrogen) atoms. The number of para-hydroxylation sites is 1. The van der Waals surface area contributed by atoms with E-state index in [1.54, 1.807) is 13.0 Å². The summed E-state index contributed by atoms with van der Waals surface area (Å²) in [6.07, 6.45) is 0.423. The second-order valence-electron chi connectivity index (χ2n) is 7.07. The zero-order chi connectivity index (χ0) is 18.1. The van der Waals surface area contributed by atoms with Crippen molar-refractivity contribution in [2.24, 2.45) is 0 Å². The minimum Gasteiger partial charge on any atom is -0.445 e. The minimum atomic E-state index is -1.12. The maximum Gasteiger partial charge on any atom is 0.339 e. The van der Waals surface area contributed by atoms with Gasteiger partial charge in [0.2, 0.25) is 0 Å². The monoisotopic (exact) mass is 350 g/mol. The lowest BCUT2D eigenvalue weighted by atomic mass is 9.88. The van der Waals surface area contributed by atoms with E-state index in [2.05, 4.69) is 17.0 Å². The van der Waals surface area contributed by atoms with E-state index in [1.807, 2.05) is 41.3 Å². The molecule has 4 rings (SSSR count). The van der Waals surface area contributed by atoms with Crippen LogP contribution in [0.25, 0.3) is 0 Å². The molecule has 134 valence electrons. The SMILES string of the molecule is C[C@@]1(C(=O)N2CCN(c3ccccc3)CC2)Cc2ccccc2C(=O)O1. The number of rotatable bonds is 2. The molecule has 1 amide bonds. The lowest BCUT2D eigenvalue weighted by Crippen LogP contribution is -2.58. The quantitative estimate of drug-likeness (QED) is 0.781. The fourth-order valence-electron chi connectivity index (χ4n) is 3.79. The molecule has 0 unspecified atom stereocenters. The molecule has 0 saturated carbocycles. The second kappa shape index (κ2) is 6.48. The van der Waals surface area contributed by atoms with Gasteiger partial charge in [0, 0.05) is 38.3 Å². The first-order valence-electron chi connectivity index (χ1n) is 8.97. The highest BCUT2D eigenvalue weighted by Crippen LogP contribution is 2.30. The molecule has 1 saturated heterocycles. The molecular formula is C21H22N2O3. The Morgan fingerprint density at radius 2 is 1.62 bits per heavy atom. The summed E-state index contributed by atoms with van der Waals surface area (Å²) < 4.78 is 5.58. The van der Waals surface area contributed by atoms with Crippen LogP contribution in [0.2, 0.25) is 0 Å². The van der Waals surface area contributed by atoms with Crippen molar-refractivity contribution in [2.75, 3.05) is 31.1 Å². The van der Waals surface area contributed by atoms with Gasteiger partial charge in [0.15, 0.2) is 5.60 Å². The molecule has 0 bridgehead atoms. The van der Waals surface area contributed by atoms with Crippen molar-refractivity contribution in [2.45, 2.75) is 18.9 Å². The van der Waals surface area contributed by atoms with Crippen molar-refractivity contribution in [1.29, 1.82) is 0 Å². The smallest absolute Gasteiger partial charge is 0.339 e. The van der Waals surface area contributed by atoms with Crippen molar-refractivity contribution >= 4 is 17.6 Å². The number of cyclic esters (lactones) is 1. The molecule has 0 N–H and O–H groups in total. The predicted octanol–water partition coefficient (Wildman–Crippen LogP) is 2.51. The topological polar surface area (TPSA) is 49.9 Å². The largest absolute Gasteiger partial charge is 0.445 e. The average Bonchev–Trinajstić information content (AvgIpc) is 2.68. The van der Waals surface area contributed by atoms with Crippen LogP contribution >= 0.6 is 0 Å². The average molecular weight is 350 g/mol. The number of carbonyl (C=O) groups excluding carboxylic acids is 2. The summed E-state index contributed by atoms with van der Waals surface area (Å²) in [6.45, 7) is 4.53. The molecule has 0 spiro atoms. The van der Waals surface area contributed by atoms with E-state index >= 15 is 0 Å². The Hall–Kier alpha value is -2.82. The number of nitrogens with zero attached hydrogens (tertiary/aromatic N) is 2. The lowest BCUT2D eigenvalue weighted by Gasteiger charge is -2.41. The predicted molar refractivity (Wildman–Crippen MR) is 99.2 cm³/mol. The first kappa shape index (κ1) is 16.6. The maximum atomic E-state index is 13.1. The summed E-state index contributed by atoms with van der Waals surface area (Å²) in [7, 11) is 0. The van der Waals surface area contributed by atoms with Gasteiger partial charge in [-0.2, -0.15) is 0 Å². The zero-order valence-electron chi connectivity index (χ0n) is 14.9. The van der Waals surface area contributed by atoms with Crippen molar-refractivity contribution in [1.82, 2.24) is 4.90 Å². The Balaban J connectivity index is 1.46. The van der Waals surface area contributed by atoms with E-state index in [1.165, 1.54) is 5.69 Å². The molecule has 1 atom stereocenters. The molecular weight excluding hydrogens is 328 g/mol. The molecule has 2 aliphatic rings. The molecule has 5 nitrogen and oxygen atoms in total. The minimum absolute atomic E-state index is 0.104. The van der Waals surface area contributed by atoms with Crippen LogP contribution in [0.5, 0.6) is 0 Å². The van der Waals surface area contributed by atoms with E-state index < -0.39 is 11.6 Å². The van der Waals surface area contributed by atoms with Gasteiger partial charge in [-0.15, -0.1) is 0 Å². The number of carbonyl (C=O) groups is 2. The van der Waals surface area contributed by atoms with Crippen molar-refractivity contribution in [3.05, 3.63) is 65.7 Å². The normalized spacial score (nSPS) is 22.6. The zero-order valence-corrected chi connectivity index (χ0v) is 14.9. The van der Waals surface area contributed by atoms with Crippen LogP contribution in [-0.2, 0) is 16.0 Å². The number of fused-ring (bicyclic) bond motifs is 1. The van der Waals surface area contributed by atoms with Gasteiger partial charge in [0.1, 0.15) is 0 Å². The summed E-state index contributed by atoms with van der Waals surface area (Å²) in [5.74, 6) is -0.515. The molecule has 5 heteroatoms. The Morgan fingerprint density at radius 1 is 0.962 bits per heavy atom. The van der Waals surface area contributed by atoms with Gasteiger partial charge in [-0.25, -0.2) is 4.79 Å². The van der Waals surface area contributed by atoms with Gasteiger partial charge in [-0.3, -0.25) is 4.79 Å². The van der Waals surface area contributed by atoms with Gasteiger partial charge in [0.05, 0.1) is 5.56 Å². The molecule has 1 fully saturated rings. The number of anilines is 1. The molecule has 2 aromatic carbocycles. The number of hydrogen-bond acceptors (Lipinski definition) is 4. The van der Waals surface area contributed by atoms with Crippen LogP contribution < -0.4 is 4.90 Å². The first-order chi connectivity index (χ1) is 12.6. The lowest BCUT2D eigenvalue weighted by molar-refractivity contribution is -0.151. The summed E-state index contributed by atoms with van der Waals surface area (Å²) in [6, 6.07) is 17.6. The van der Waals surface area contributed by atoms with Crippen molar-refractivity contribution in [3.8, 4) is 0 Å². The third kappa shape index (κ3) is 2.94. The Kier molecular flexibility index (Phi) is 4.15. The Labute approximate surface area is 153 Å². The third-order valence-electron chi connectivity index (χ3n) is 5.22. The Morgan fingerprint density at radius 3 is 2.35 bits per heavy atom. The summed E-state index contributed by atoms with van der Waals surface area (Å²) >= 11 is 0. The number of benzene rings is 2. The Bertz CT molecular complexity index is 828. The van der Waals surface area contributed by atoms with Gasteiger partial charge < -0.3 is 14.5 Å². The summed E-state index contributed by atoms with van der Waals surface area (Å²) in [5.41, 5.74) is 1.48. The van der Waals surface area contributed by atoms with E-state index in [-0.39, 0.29) is 5.91 Å². The van der Waals surface area contributed by atoms with Gasteiger partial charge >= 0.3 is 5.97 Å². The molecule has 0 aromatic heterocycles. The van der Waals surface area contributed by atoms with Crippen LogP contribution in [0.15, 0.2) is 54.6 Å². The maximum absolute atomic E-state index is 13.1. The van der Waals surface area contributed by atoms with E-state index in [0.29, 0.717) is 25.1 Å². The number of piperazine rings is 1. The second-order valence-corrected chi connectivity index (χ2v) is 7.07. The van der Waals surface area contributed by atoms with Crippen LogP contribution in [0, 0.1) is 0 Å². The molecule has 0 radical (unpaired) electrons. The summed E-state index contributed by atoms with van der Waals surface area (Å²) in [4.78, 5) is 29.5. The highest BCUT2D eigenvalue weighted by atomic mass is 16.6. The fourth-order valence-corrected chi connectivity index (χ4v) is 3.79. The number of ether oxygens (including phenoxy) is 1. The number of amides is 1. The third-order valence-corrected chi connectivity index (χ3v) is 5.22. The number of esters is 1. The van der Waals surface area contributed by atoms with Crippen molar-refractivity contribution in [3.63, 3.8) is 0 Å². The van der Waals surface area contributed by atoms with Gasteiger partial charge in [-0.05, 0) is 30.7 Å². The highest BCUT2D eigenvalue weighted by Gasteiger charge is 2.45. The van der Waals surface area contributed by atoms with Gasteiger partial charge in [-0.1, -0.05) is 36.4 Å². The van der Waals surface area contributed by atoms with Gasteiger partial charge in [0.25, 0.3) is 5.91 Å².